The summed E-state index contributed by atoms with van der Waals surface area (Å²) in [5.41, 5.74) is 1.63. The van der Waals surface area contributed by atoms with E-state index in [2.05, 4.69) is 42.5 Å². The molecule has 0 radical (unpaired) electrons. The van der Waals surface area contributed by atoms with Gasteiger partial charge in [-0.25, -0.2) is 9.69 Å². The predicted octanol–water partition coefficient (Wildman–Crippen LogP) is 5.87. The Labute approximate surface area is 245 Å². The largest absolute Gasteiger partial charge is 0.497 e. The first-order chi connectivity index (χ1) is 18.6. The highest BCUT2D eigenvalue weighted by Gasteiger charge is 2.37. The topological polar surface area (TPSA) is 114 Å². The molecule has 200 valence electrons. The van der Waals surface area contributed by atoms with Gasteiger partial charge in [-0.05, 0) is 83.0 Å². The number of anilines is 2. The molecule has 1 aliphatic heterocycles. The van der Waals surface area contributed by atoms with Crippen LogP contribution in [0.2, 0.25) is 5.02 Å². The molecule has 1 saturated heterocycles. The van der Waals surface area contributed by atoms with Crippen molar-refractivity contribution in [2.24, 2.45) is 0 Å². The van der Waals surface area contributed by atoms with Crippen molar-refractivity contribution in [1.29, 1.82) is 0 Å². The molecule has 3 aromatic rings. The maximum absolute atomic E-state index is 13.3. The lowest BCUT2D eigenvalue weighted by Gasteiger charge is -2.26. The van der Waals surface area contributed by atoms with Crippen molar-refractivity contribution < 1.29 is 28.7 Å². The molecule has 1 fully saturated rings. The number of aryl methyl sites for hydroxylation is 1. The molecule has 0 spiro atoms. The third-order valence-corrected chi connectivity index (χ3v) is 7.03. The molecule has 0 aromatic heterocycles. The Hall–Kier alpha value is -3.67. The lowest BCUT2D eigenvalue weighted by molar-refractivity contribution is -0.122. The molecule has 2 N–H and O–H groups in total. The van der Waals surface area contributed by atoms with Gasteiger partial charge in [-0.3, -0.25) is 19.7 Å². The second-order valence-electron chi connectivity index (χ2n) is 8.26. The van der Waals surface area contributed by atoms with Crippen molar-refractivity contribution in [2.45, 2.75) is 6.92 Å². The van der Waals surface area contributed by atoms with Gasteiger partial charge < -0.3 is 14.8 Å². The first kappa shape index (κ1) is 28.3. The molecular formula is C27H20Br2ClN3O6. The van der Waals surface area contributed by atoms with E-state index in [-0.39, 0.29) is 23.6 Å². The van der Waals surface area contributed by atoms with E-state index in [0.29, 0.717) is 31.0 Å². The Morgan fingerprint density at radius 3 is 2.46 bits per heavy atom. The third-order valence-electron chi connectivity index (χ3n) is 5.57. The van der Waals surface area contributed by atoms with Crippen molar-refractivity contribution in [2.75, 3.05) is 23.9 Å². The highest BCUT2D eigenvalue weighted by Crippen LogP contribution is 2.35. The summed E-state index contributed by atoms with van der Waals surface area (Å²) in [7, 11) is 1.49. The van der Waals surface area contributed by atoms with Gasteiger partial charge in [-0.15, -0.1) is 0 Å². The van der Waals surface area contributed by atoms with Crippen molar-refractivity contribution in [3.8, 4) is 11.5 Å². The van der Waals surface area contributed by atoms with Gasteiger partial charge in [0.1, 0.15) is 17.1 Å². The van der Waals surface area contributed by atoms with Crippen LogP contribution in [0.1, 0.15) is 11.1 Å². The molecule has 0 saturated carbocycles. The zero-order valence-electron chi connectivity index (χ0n) is 20.5. The van der Waals surface area contributed by atoms with Crippen LogP contribution in [0.5, 0.6) is 11.5 Å². The van der Waals surface area contributed by atoms with Gasteiger partial charge in [0, 0.05) is 20.7 Å². The Kier molecular flexibility index (Phi) is 8.73. The molecule has 3 aromatic carbocycles. The first-order valence-corrected chi connectivity index (χ1v) is 13.3. The Morgan fingerprint density at radius 1 is 1.08 bits per heavy atom. The molecule has 0 bridgehead atoms. The van der Waals surface area contributed by atoms with Crippen LogP contribution in [-0.2, 0) is 14.4 Å². The number of benzene rings is 3. The van der Waals surface area contributed by atoms with Gasteiger partial charge in [0.05, 0.1) is 17.3 Å². The number of ether oxygens (including phenoxy) is 2. The molecule has 12 heteroatoms. The number of halogens is 3. The summed E-state index contributed by atoms with van der Waals surface area (Å²) in [6.07, 6.45) is 1.29. The normalized spacial score (nSPS) is 14.3. The Morgan fingerprint density at radius 2 is 1.79 bits per heavy atom. The maximum atomic E-state index is 13.3. The Bertz CT molecular complexity index is 1520. The van der Waals surface area contributed by atoms with E-state index in [9.17, 15) is 19.2 Å². The number of hydrogen-bond donors (Lipinski definition) is 2. The zero-order valence-corrected chi connectivity index (χ0v) is 24.4. The number of imide groups is 2. The zero-order chi connectivity index (χ0) is 28.3. The van der Waals surface area contributed by atoms with Crippen molar-refractivity contribution in [3.05, 3.63) is 85.3 Å². The average molecular weight is 678 g/mol. The average Bonchev–Trinajstić information content (AvgIpc) is 2.88. The molecule has 0 unspecified atom stereocenters. The molecule has 0 atom stereocenters. The first-order valence-electron chi connectivity index (χ1n) is 11.3. The van der Waals surface area contributed by atoms with Gasteiger partial charge in [0.15, 0.2) is 6.61 Å². The minimum absolute atomic E-state index is 0.205. The van der Waals surface area contributed by atoms with Crippen molar-refractivity contribution >= 4 is 84.7 Å². The molecule has 5 amide bonds. The summed E-state index contributed by atoms with van der Waals surface area (Å²) < 4.78 is 12.0. The van der Waals surface area contributed by atoms with Crippen LogP contribution in [0.25, 0.3) is 6.08 Å². The van der Waals surface area contributed by atoms with Gasteiger partial charge in [-0.2, -0.15) is 0 Å². The quantitative estimate of drug-likeness (QED) is 0.239. The number of carbonyl (C=O) groups excluding carboxylic acids is 4. The lowest BCUT2D eigenvalue weighted by atomic mass is 10.1. The number of nitrogens with one attached hydrogen (secondary N) is 2. The van der Waals surface area contributed by atoms with E-state index in [0.717, 1.165) is 10.5 Å². The van der Waals surface area contributed by atoms with Crippen LogP contribution in [0.15, 0.2) is 69.1 Å². The van der Waals surface area contributed by atoms with Gasteiger partial charge >= 0.3 is 6.03 Å². The van der Waals surface area contributed by atoms with Gasteiger partial charge in [-0.1, -0.05) is 33.6 Å². The van der Waals surface area contributed by atoms with Crippen LogP contribution in [0.4, 0.5) is 16.2 Å². The predicted molar refractivity (Wildman–Crippen MR) is 154 cm³/mol. The number of hydrogen-bond acceptors (Lipinski definition) is 6. The molecule has 39 heavy (non-hydrogen) atoms. The van der Waals surface area contributed by atoms with Gasteiger partial charge in [0.25, 0.3) is 17.7 Å². The molecule has 1 heterocycles. The fourth-order valence-corrected chi connectivity index (χ4v) is 5.18. The second kappa shape index (κ2) is 12.0. The van der Waals surface area contributed by atoms with Crippen LogP contribution in [-0.4, -0.2) is 37.5 Å². The highest BCUT2D eigenvalue weighted by molar-refractivity contribution is 9.11. The monoisotopic (exact) mass is 675 g/mol. The number of methoxy groups -OCH3 is 1. The maximum Gasteiger partial charge on any atom is 0.335 e. The number of carbonyl (C=O) groups is 4. The van der Waals surface area contributed by atoms with Crippen molar-refractivity contribution in [3.63, 3.8) is 0 Å². The van der Waals surface area contributed by atoms with E-state index in [1.54, 1.807) is 42.5 Å². The smallest absolute Gasteiger partial charge is 0.335 e. The summed E-state index contributed by atoms with van der Waals surface area (Å²) in [4.78, 5) is 51.9. The number of barbiturate groups is 1. The fraction of sp³-hybridized carbons (Fsp3) is 0.111. The van der Waals surface area contributed by atoms with Crippen LogP contribution < -0.4 is 25.0 Å². The number of nitrogens with zero attached hydrogens (tertiary/aromatic N) is 1. The highest BCUT2D eigenvalue weighted by atomic mass is 79.9. The molecular weight excluding hydrogens is 658 g/mol. The molecule has 1 aliphatic rings. The summed E-state index contributed by atoms with van der Waals surface area (Å²) in [5.74, 6) is -1.41. The van der Waals surface area contributed by atoms with Crippen LogP contribution >= 0.6 is 43.5 Å². The van der Waals surface area contributed by atoms with E-state index >= 15 is 0 Å². The molecule has 0 aliphatic carbocycles. The van der Waals surface area contributed by atoms with E-state index in [1.165, 1.54) is 25.3 Å². The van der Waals surface area contributed by atoms with Crippen molar-refractivity contribution in [1.82, 2.24) is 5.32 Å². The van der Waals surface area contributed by atoms with E-state index in [4.69, 9.17) is 21.1 Å². The second-order valence-corrected chi connectivity index (χ2v) is 10.4. The summed E-state index contributed by atoms with van der Waals surface area (Å²) in [5, 5.41) is 5.39. The summed E-state index contributed by atoms with van der Waals surface area (Å²) in [6, 6.07) is 13.8. The lowest BCUT2D eigenvalue weighted by Crippen LogP contribution is -2.54. The number of rotatable bonds is 7. The number of urea groups is 1. The molecule has 4 rings (SSSR count). The molecule has 9 nitrogen and oxygen atoms in total. The summed E-state index contributed by atoms with van der Waals surface area (Å²) in [6.45, 7) is 1.47. The number of amides is 5. The minimum Gasteiger partial charge on any atom is -0.497 e. The minimum atomic E-state index is -0.882. The summed E-state index contributed by atoms with van der Waals surface area (Å²) >= 11 is 12.9. The van der Waals surface area contributed by atoms with E-state index in [1.807, 2.05) is 6.92 Å². The standard InChI is InChI=1S/C27H20Br2ClN3O6/c1-14-3-4-17(12-22(14)30)31-23(34)13-39-24-15(9-16(28)11-21(24)29)10-20-25(35)32-27(37)33(26(20)36)18-5-7-19(38-2)8-6-18/h3-12H,13H2,1-2H3,(H,31,34)(H,32,35,37)/b20-10+. The van der Waals surface area contributed by atoms with Gasteiger partial charge in [0.2, 0.25) is 0 Å². The Balaban J connectivity index is 1.61. The van der Waals surface area contributed by atoms with Crippen LogP contribution in [0, 0.1) is 6.92 Å². The third kappa shape index (κ3) is 6.49. The van der Waals surface area contributed by atoms with E-state index < -0.39 is 23.8 Å². The fourth-order valence-electron chi connectivity index (χ4n) is 3.62. The SMILES string of the molecule is COc1ccc(N2C(=O)NC(=O)/C(=C\c3cc(Br)cc(Br)c3OCC(=O)Nc3ccc(C)c(Cl)c3)C2=O)cc1. The van der Waals surface area contributed by atoms with Crippen LogP contribution in [0.3, 0.4) is 0 Å².